The Kier molecular flexibility index (Phi) is 2.84. The molecule has 2 aliphatic carbocycles. The summed E-state index contributed by atoms with van der Waals surface area (Å²) < 4.78 is 1.64. The summed E-state index contributed by atoms with van der Waals surface area (Å²) >= 11 is 1.59. The maximum absolute atomic E-state index is 2.40. The van der Waals surface area contributed by atoms with E-state index in [0.717, 1.165) is 6.42 Å². The van der Waals surface area contributed by atoms with Crippen LogP contribution < -0.4 is 0 Å². The van der Waals surface area contributed by atoms with Crippen LogP contribution in [0.3, 0.4) is 0 Å². The quantitative estimate of drug-likeness (QED) is 0.702. The topological polar surface area (TPSA) is 0 Å². The summed E-state index contributed by atoms with van der Waals surface area (Å²) in [4.78, 5) is 0. The Hall–Kier alpha value is -0.157. The zero-order valence-electron chi connectivity index (χ0n) is 7.93. The second-order valence-electron chi connectivity index (χ2n) is 3.46. The molecule has 0 N–H and O–H groups in total. The molecule has 0 atom stereocenters. The molecule has 0 aromatic carbocycles. The van der Waals surface area contributed by atoms with Crippen LogP contribution in [0.2, 0.25) is 0 Å². The van der Waals surface area contributed by atoms with Crippen LogP contribution in [0.4, 0.5) is 0 Å². The summed E-state index contributed by atoms with van der Waals surface area (Å²) in [5.41, 5.74) is 4.70. The van der Waals surface area contributed by atoms with Crippen LogP contribution in [-0.2, 0) is 24.7 Å². The van der Waals surface area contributed by atoms with E-state index in [1.54, 1.807) is 39.1 Å². The van der Waals surface area contributed by atoms with E-state index in [1.807, 2.05) is 0 Å². The van der Waals surface area contributed by atoms with Gasteiger partial charge in [0.25, 0.3) is 0 Å². The van der Waals surface area contributed by atoms with Gasteiger partial charge in [-0.05, 0) is 0 Å². The van der Waals surface area contributed by atoms with Crippen molar-refractivity contribution in [2.75, 3.05) is 0 Å². The van der Waals surface area contributed by atoms with Crippen LogP contribution >= 0.6 is 0 Å². The zero-order chi connectivity index (χ0) is 9.26. The van der Waals surface area contributed by atoms with Gasteiger partial charge in [0.05, 0.1) is 0 Å². The first-order valence-electron chi connectivity index (χ1n) is 4.83. The van der Waals surface area contributed by atoms with Crippen molar-refractivity contribution in [3.05, 3.63) is 44.3 Å². The van der Waals surface area contributed by atoms with E-state index in [1.165, 1.54) is 18.4 Å². The predicted molar refractivity (Wildman–Crippen MR) is 51.9 cm³/mol. The summed E-state index contributed by atoms with van der Waals surface area (Å²) in [6.07, 6.45) is 12.6. The molecule has 0 spiro atoms. The molecule has 0 saturated heterocycles. The molecule has 0 heterocycles. The van der Waals surface area contributed by atoms with E-state index in [0.29, 0.717) is 0 Å². The van der Waals surface area contributed by atoms with Gasteiger partial charge in [-0.25, -0.2) is 0 Å². The van der Waals surface area contributed by atoms with Crippen LogP contribution in [0.5, 0.6) is 0 Å². The zero-order valence-corrected chi connectivity index (χ0v) is 10.4. The molecule has 0 saturated carbocycles. The van der Waals surface area contributed by atoms with Crippen LogP contribution in [0.25, 0.3) is 0 Å². The first kappa shape index (κ1) is 9.40. The molecule has 0 fully saturated rings. The van der Waals surface area contributed by atoms with E-state index < -0.39 is 0 Å². The van der Waals surface area contributed by atoms with Gasteiger partial charge in [-0.2, -0.15) is 0 Å². The molecular weight excluding hydrogens is 235 g/mol. The Morgan fingerprint density at radius 3 is 2.85 bits per heavy atom. The van der Waals surface area contributed by atoms with Crippen LogP contribution in [-0.4, -0.2) is 0 Å². The van der Waals surface area contributed by atoms with Crippen molar-refractivity contribution in [3.8, 4) is 0 Å². The minimum absolute atomic E-state index is 1.14. The Labute approximate surface area is 95.0 Å². The van der Waals surface area contributed by atoms with Crippen molar-refractivity contribution in [3.63, 3.8) is 0 Å². The van der Waals surface area contributed by atoms with Gasteiger partial charge in [0.1, 0.15) is 0 Å². The maximum atomic E-state index is 2.40. The van der Waals surface area contributed by atoms with Crippen LogP contribution in [0, 0.1) is 0 Å². The number of allylic oxidation sites excluding steroid dienone is 8. The molecule has 0 aromatic heterocycles. The predicted octanol–water partition coefficient (Wildman–Crippen LogP) is 3.41. The molecule has 0 nitrogen and oxygen atoms in total. The Bertz CT molecular complexity index is 340. The summed E-state index contributed by atoms with van der Waals surface area (Å²) in [7, 11) is 0. The first-order valence-corrected chi connectivity index (χ1v) is 6.06. The molecule has 65 valence electrons. The van der Waals surface area contributed by atoms with Gasteiger partial charge in [0.2, 0.25) is 0 Å². The summed E-state index contributed by atoms with van der Waals surface area (Å²) in [5.74, 6) is 0. The monoisotopic (exact) mass is 247 g/mol. The average molecular weight is 248 g/mol. The third kappa shape index (κ3) is 1.72. The fourth-order valence-corrected chi connectivity index (χ4v) is 3.02. The fraction of sp³-hybridized carbons (Fsp3) is 0.333. The molecule has 1 heteroatoms. The van der Waals surface area contributed by atoms with Gasteiger partial charge in [-0.15, -0.1) is 0 Å². The van der Waals surface area contributed by atoms with E-state index in [2.05, 4.69) is 31.2 Å². The van der Waals surface area contributed by atoms with E-state index in [4.69, 9.17) is 0 Å². The van der Waals surface area contributed by atoms with Crippen molar-refractivity contribution >= 4 is 0 Å². The molecule has 0 aliphatic heterocycles. The van der Waals surface area contributed by atoms with Gasteiger partial charge in [-0.3, -0.25) is 0 Å². The normalized spacial score (nSPS) is 20.9. The van der Waals surface area contributed by atoms with Crippen molar-refractivity contribution in [1.82, 2.24) is 0 Å². The number of hydrogen-bond acceptors (Lipinski definition) is 0. The second kappa shape index (κ2) is 3.92. The Morgan fingerprint density at radius 2 is 2.23 bits per heavy atom. The molecule has 2 aliphatic rings. The fourth-order valence-electron chi connectivity index (χ4n) is 1.98. The van der Waals surface area contributed by atoms with E-state index in [9.17, 15) is 0 Å². The van der Waals surface area contributed by atoms with Crippen molar-refractivity contribution < 1.29 is 24.7 Å². The number of rotatable bonds is 2. The molecule has 0 amide bonds. The summed E-state index contributed by atoms with van der Waals surface area (Å²) in [6, 6.07) is 0. The average Bonchev–Trinajstić information content (AvgIpc) is 2.72. The summed E-state index contributed by atoms with van der Waals surface area (Å²) in [6.45, 7) is 2.25. The van der Waals surface area contributed by atoms with Crippen molar-refractivity contribution in [1.29, 1.82) is 0 Å². The van der Waals surface area contributed by atoms with Crippen LogP contribution in [0.15, 0.2) is 44.3 Å². The van der Waals surface area contributed by atoms with Gasteiger partial charge in [-0.1, -0.05) is 0 Å². The first-order chi connectivity index (χ1) is 6.33. The molecule has 0 bridgehead atoms. The number of hydrogen-bond donors (Lipinski definition) is 0. The second-order valence-corrected chi connectivity index (χ2v) is 4.95. The van der Waals surface area contributed by atoms with Crippen molar-refractivity contribution in [2.24, 2.45) is 0 Å². The van der Waals surface area contributed by atoms with E-state index >= 15 is 0 Å². The minimum atomic E-state index is 1.14. The van der Waals surface area contributed by atoms with E-state index in [-0.39, 0.29) is 0 Å². The molecule has 13 heavy (non-hydrogen) atoms. The molecule has 0 unspecified atom stereocenters. The Balaban J connectivity index is 2.31. The molecular formula is C12H13Zr. The third-order valence-electron chi connectivity index (χ3n) is 2.65. The van der Waals surface area contributed by atoms with Gasteiger partial charge in [0, 0.05) is 0 Å². The van der Waals surface area contributed by atoms with Crippen molar-refractivity contribution in [2.45, 2.75) is 26.2 Å². The molecule has 0 aromatic rings. The van der Waals surface area contributed by atoms with Gasteiger partial charge in [0.15, 0.2) is 0 Å². The Morgan fingerprint density at radius 1 is 1.38 bits per heavy atom. The van der Waals surface area contributed by atoms with Gasteiger partial charge < -0.3 is 0 Å². The SMILES string of the molecule is CCC1=CC[C]([Zr])=C1C1=CC=CC1. The molecule has 0 radical (unpaired) electrons. The standard InChI is InChI=1S/C12H13.Zr/c1-2-10-8-5-9-12(10)11-6-3-4-7-11;/h3-4,6,8H,2,5,7H2,1H3;. The molecule has 2 rings (SSSR count). The van der Waals surface area contributed by atoms with Crippen LogP contribution in [0.1, 0.15) is 26.2 Å². The summed E-state index contributed by atoms with van der Waals surface area (Å²) in [5, 5.41) is 0. The third-order valence-corrected chi connectivity index (χ3v) is 3.77. The van der Waals surface area contributed by atoms with Gasteiger partial charge >= 0.3 is 95.2 Å².